The van der Waals surface area contributed by atoms with E-state index in [0.29, 0.717) is 0 Å². The first-order valence-corrected chi connectivity index (χ1v) is 15.1. The van der Waals surface area contributed by atoms with Crippen LogP contribution < -0.4 is 10.5 Å². The van der Waals surface area contributed by atoms with Crippen LogP contribution in [0.25, 0.3) is 5.76 Å². The molecule has 0 radical (unpaired) electrons. The van der Waals surface area contributed by atoms with Crippen molar-refractivity contribution in [2.24, 2.45) is 11.7 Å². The molecule has 1 aliphatic heterocycles. The number of ketones is 2. The van der Waals surface area contributed by atoms with E-state index in [9.17, 15) is 45.0 Å². The number of aliphatic hydroxyl groups excluding tert-OH is 2. The third-order valence-electron chi connectivity index (χ3n) is 10.1. The van der Waals surface area contributed by atoms with Crippen molar-refractivity contribution in [1.29, 1.82) is 0 Å². The van der Waals surface area contributed by atoms with Gasteiger partial charge in [-0.3, -0.25) is 19.3 Å². The van der Waals surface area contributed by atoms with Gasteiger partial charge < -0.3 is 55.3 Å². The molecule has 1 saturated heterocycles. The van der Waals surface area contributed by atoms with Gasteiger partial charge in [-0.25, -0.2) is 0 Å². The number of phenolic OH excluding ortho intramolecular Hbond substituents is 1. The summed E-state index contributed by atoms with van der Waals surface area (Å²) < 4.78 is 23.5. The molecule has 1 aromatic rings. The summed E-state index contributed by atoms with van der Waals surface area (Å²) in [4.78, 5) is 41.7. The number of halogens is 1. The number of hydrogen-bond donors (Lipinski definition) is 7. The molecule has 0 aromatic heterocycles. The number of methoxy groups -OCH3 is 2. The maximum Gasteiger partial charge on any atom is 0.255 e. The normalized spacial score (nSPS) is 38.7. The summed E-state index contributed by atoms with van der Waals surface area (Å²) >= 11 is 6.82. The molecule has 2 fully saturated rings. The first-order valence-electron chi connectivity index (χ1n) is 14.7. The van der Waals surface area contributed by atoms with Crippen LogP contribution in [0, 0.1) is 5.92 Å². The molecule has 47 heavy (non-hydrogen) atoms. The average Bonchev–Trinajstić information content (AvgIpc) is 2.94. The van der Waals surface area contributed by atoms with Crippen molar-refractivity contribution in [1.82, 2.24) is 4.90 Å². The number of hydrogen-bond acceptors (Lipinski definition) is 14. The molecule has 0 unspecified atom stereocenters. The third kappa shape index (κ3) is 4.55. The van der Waals surface area contributed by atoms with Gasteiger partial charge in [0.1, 0.15) is 46.2 Å². The van der Waals surface area contributed by atoms with Gasteiger partial charge in [-0.15, -0.1) is 0 Å². The van der Waals surface area contributed by atoms with E-state index in [1.165, 1.54) is 42.2 Å². The number of amides is 1. The standard InChI is InChI=1S/C31H39ClN2O13/c1-11-26(45-7)28(2,41)10-15(46-11)47-29(3)12-9-30(42)23(34(4)5)22(37)18(27(33)40)25(39)31(30,43)24(38)16(12)21(36)17-13(35)8-14(44-6)20(32)19(17)29/h8,11-12,15,23,26,35-36,39,41-43H,9-10H2,1-7H3,(H2,33,40)/t11-,12-,15-,23+,26-,28-,29+,30+,31-/m0/s1. The molecule has 16 heteroatoms. The van der Waals surface area contributed by atoms with Gasteiger partial charge in [-0.05, 0) is 41.3 Å². The van der Waals surface area contributed by atoms with Gasteiger partial charge in [-0.1, -0.05) is 11.6 Å². The van der Waals surface area contributed by atoms with Crippen molar-refractivity contribution in [3.8, 4) is 11.5 Å². The van der Waals surface area contributed by atoms with E-state index in [4.69, 9.17) is 36.3 Å². The zero-order chi connectivity index (χ0) is 35.3. The maximum absolute atomic E-state index is 14.5. The Morgan fingerprint density at radius 3 is 2.23 bits per heavy atom. The summed E-state index contributed by atoms with van der Waals surface area (Å²) in [6.07, 6.45) is -3.71. The lowest BCUT2D eigenvalue weighted by atomic mass is 9.52. The lowest BCUT2D eigenvalue weighted by molar-refractivity contribution is -0.313. The summed E-state index contributed by atoms with van der Waals surface area (Å²) in [5.74, 6) is -8.67. The molecular formula is C31H39ClN2O13. The molecule has 8 N–H and O–H groups in total. The van der Waals surface area contributed by atoms with Crippen molar-refractivity contribution in [2.45, 2.75) is 80.6 Å². The van der Waals surface area contributed by atoms with Crippen molar-refractivity contribution in [3.05, 3.63) is 39.1 Å². The van der Waals surface area contributed by atoms with E-state index in [1.54, 1.807) is 6.92 Å². The number of Topliss-reactive ketones (excluding diaryl/α,β-unsaturated/α-hetero) is 2. The number of benzene rings is 1. The van der Waals surface area contributed by atoms with Crippen molar-refractivity contribution in [2.75, 3.05) is 28.3 Å². The molecule has 9 atom stereocenters. The number of carbonyl (C=O) groups is 3. The largest absolute Gasteiger partial charge is 0.508 e. The Morgan fingerprint density at radius 1 is 1.11 bits per heavy atom. The highest BCUT2D eigenvalue weighted by atomic mass is 35.5. The summed E-state index contributed by atoms with van der Waals surface area (Å²) in [5.41, 5.74) is -6.56. The predicted molar refractivity (Wildman–Crippen MR) is 162 cm³/mol. The number of ether oxygens (including phenoxy) is 4. The minimum absolute atomic E-state index is 0.0543. The molecule has 1 heterocycles. The number of primary amides is 1. The lowest BCUT2D eigenvalue weighted by Gasteiger charge is -2.58. The van der Waals surface area contributed by atoms with Crippen LogP contribution >= 0.6 is 11.6 Å². The number of aromatic hydroxyl groups is 1. The Bertz CT molecular complexity index is 1640. The highest BCUT2D eigenvalue weighted by molar-refractivity contribution is 6.33. The van der Waals surface area contributed by atoms with Crippen LogP contribution in [0.2, 0.25) is 5.02 Å². The van der Waals surface area contributed by atoms with Crippen LogP contribution in [0.3, 0.4) is 0 Å². The summed E-state index contributed by atoms with van der Waals surface area (Å²) in [5, 5.41) is 69.6. The van der Waals surface area contributed by atoms with Crippen LogP contribution in [0.1, 0.15) is 44.7 Å². The highest BCUT2D eigenvalue weighted by Crippen LogP contribution is 2.62. The van der Waals surface area contributed by atoms with E-state index in [2.05, 4.69) is 0 Å². The maximum atomic E-state index is 14.5. The molecule has 0 bridgehead atoms. The number of phenols is 1. The molecule has 4 aliphatic rings. The Balaban J connectivity index is 1.82. The molecule has 1 saturated carbocycles. The topological polar surface area (TPSA) is 239 Å². The fourth-order valence-electron chi connectivity index (χ4n) is 8.06. The van der Waals surface area contributed by atoms with E-state index >= 15 is 0 Å². The van der Waals surface area contributed by atoms with E-state index in [-0.39, 0.29) is 22.8 Å². The Kier molecular flexibility index (Phi) is 8.30. The lowest BCUT2D eigenvalue weighted by Crippen LogP contribution is -2.77. The van der Waals surface area contributed by atoms with Gasteiger partial charge in [0.05, 0.1) is 29.4 Å². The van der Waals surface area contributed by atoms with Crippen LogP contribution in [0.15, 0.2) is 23.0 Å². The van der Waals surface area contributed by atoms with Gasteiger partial charge in [0.25, 0.3) is 5.91 Å². The molecule has 1 aromatic carbocycles. The summed E-state index contributed by atoms with van der Waals surface area (Å²) in [6, 6.07) is -0.749. The quantitative estimate of drug-likeness (QED) is 0.200. The smallest absolute Gasteiger partial charge is 0.255 e. The fourth-order valence-corrected chi connectivity index (χ4v) is 8.47. The second kappa shape index (κ2) is 11.1. The third-order valence-corrected chi connectivity index (χ3v) is 10.4. The van der Waals surface area contributed by atoms with Gasteiger partial charge in [0.15, 0.2) is 17.8 Å². The molecule has 5 rings (SSSR count). The SMILES string of the molecule is COc1cc(O)c2c(c1Cl)[C@](C)(O[C@H]1C[C@](C)(O)[C@@H](OC)[C@H](C)O1)[C@H]1C[C@@]3(O)[C@H](N(C)C)C(=O)C(C(N)=O)=C(O)[C@@]3(O)C(=O)C1=C2O. The van der Waals surface area contributed by atoms with Crippen molar-refractivity contribution in [3.63, 3.8) is 0 Å². The summed E-state index contributed by atoms with van der Waals surface area (Å²) in [6.45, 7) is 4.59. The predicted octanol–water partition coefficient (Wildman–Crippen LogP) is 0.331. The van der Waals surface area contributed by atoms with Gasteiger partial charge >= 0.3 is 0 Å². The summed E-state index contributed by atoms with van der Waals surface area (Å²) in [7, 11) is 5.36. The molecule has 258 valence electrons. The average molecular weight is 683 g/mol. The van der Waals surface area contributed by atoms with Crippen LogP contribution in [0.5, 0.6) is 11.5 Å². The Morgan fingerprint density at radius 2 is 1.72 bits per heavy atom. The van der Waals surface area contributed by atoms with Crippen LogP contribution in [-0.2, 0) is 34.2 Å². The number of carbonyl (C=O) groups excluding carboxylic acids is 3. The molecule has 3 aliphatic carbocycles. The second-order valence-electron chi connectivity index (χ2n) is 13.2. The van der Waals surface area contributed by atoms with Crippen LogP contribution in [-0.4, -0.2) is 123 Å². The van der Waals surface area contributed by atoms with E-state index in [1.807, 2.05) is 0 Å². The van der Waals surface area contributed by atoms with Gasteiger partial charge in [0, 0.05) is 36.7 Å². The van der Waals surface area contributed by atoms with Gasteiger partial charge in [0.2, 0.25) is 11.4 Å². The molecular weight excluding hydrogens is 644 g/mol. The zero-order valence-electron chi connectivity index (χ0n) is 26.8. The van der Waals surface area contributed by atoms with Crippen molar-refractivity contribution >= 4 is 34.8 Å². The molecule has 1 amide bonds. The molecule has 15 nitrogen and oxygen atoms in total. The fraction of sp³-hybridized carbons (Fsp3) is 0.581. The first-order chi connectivity index (χ1) is 21.6. The van der Waals surface area contributed by atoms with E-state index < -0.39 is 111 Å². The number of rotatable bonds is 6. The minimum Gasteiger partial charge on any atom is -0.508 e. The van der Waals surface area contributed by atoms with Gasteiger partial charge in [-0.2, -0.15) is 0 Å². The van der Waals surface area contributed by atoms with Crippen molar-refractivity contribution < 1.29 is 64.0 Å². The monoisotopic (exact) mass is 682 g/mol. The number of likely N-dealkylation sites (N-methyl/N-ethyl adjacent to an activating group) is 1. The minimum atomic E-state index is -3.38. The number of nitrogens with zero attached hydrogens (tertiary/aromatic N) is 1. The zero-order valence-corrected chi connectivity index (χ0v) is 27.6. The van der Waals surface area contributed by atoms with E-state index in [0.717, 1.165) is 11.0 Å². The highest BCUT2D eigenvalue weighted by Gasteiger charge is 2.74. The second-order valence-corrected chi connectivity index (χ2v) is 13.6. The molecule has 0 spiro atoms. The first kappa shape index (κ1) is 35.0. The Hall–Kier alpha value is -3.28. The number of fused-ring (bicyclic) bond motifs is 3. The Labute approximate surface area is 274 Å². The van der Waals surface area contributed by atoms with Crippen LogP contribution in [0.4, 0.5) is 0 Å². The number of nitrogens with two attached hydrogens (primary N) is 1. The number of aliphatic hydroxyl groups is 5.